The van der Waals surface area contributed by atoms with Crippen LogP contribution in [0.2, 0.25) is 0 Å². The fourth-order valence-electron chi connectivity index (χ4n) is 3.44. The topological polar surface area (TPSA) is 73.9 Å². The minimum Gasteiger partial charge on any atom is -0.493 e. The van der Waals surface area contributed by atoms with Crippen LogP contribution in [0.4, 0.5) is 0 Å². The molecule has 1 aromatic rings. The van der Waals surface area contributed by atoms with Crippen molar-refractivity contribution in [2.24, 2.45) is 0 Å². The van der Waals surface area contributed by atoms with Gasteiger partial charge in [0, 0.05) is 12.5 Å². The Hall–Kier alpha value is -2.24. The SMILES string of the molecule is COc1cccc(CCC(=O)O[C@@H](C)C(=O)NC2CCCCCC2)c1OC. The van der Waals surface area contributed by atoms with Crippen molar-refractivity contribution >= 4 is 11.9 Å². The summed E-state index contributed by atoms with van der Waals surface area (Å²) in [6.07, 6.45) is 6.58. The molecule has 0 aromatic heterocycles. The second kappa shape index (κ2) is 10.8. The highest BCUT2D eigenvalue weighted by Crippen LogP contribution is 2.31. The molecule has 0 unspecified atom stereocenters. The number of methoxy groups -OCH3 is 2. The van der Waals surface area contributed by atoms with E-state index < -0.39 is 12.1 Å². The lowest BCUT2D eigenvalue weighted by molar-refractivity contribution is -0.155. The average molecular weight is 377 g/mol. The first kappa shape index (κ1) is 21.1. The Bertz CT molecular complexity index is 623. The van der Waals surface area contributed by atoms with Gasteiger partial charge in [-0.1, -0.05) is 37.8 Å². The predicted molar refractivity (Wildman–Crippen MR) is 103 cm³/mol. The van der Waals surface area contributed by atoms with Crippen LogP contribution in [0.15, 0.2) is 18.2 Å². The smallest absolute Gasteiger partial charge is 0.306 e. The Balaban J connectivity index is 1.81. The molecule has 0 bridgehead atoms. The number of nitrogens with one attached hydrogen (secondary N) is 1. The molecule has 6 heteroatoms. The number of aryl methyl sites for hydroxylation is 1. The first-order chi connectivity index (χ1) is 13.0. The maximum Gasteiger partial charge on any atom is 0.306 e. The summed E-state index contributed by atoms with van der Waals surface area (Å²) in [6, 6.07) is 5.74. The van der Waals surface area contributed by atoms with Crippen LogP contribution in [0.3, 0.4) is 0 Å². The number of esters is 1. The van der Waals surface area contributed by atoms with Gasteiger partial charge in [-0.3, -0.25) is 9.59 Å². The van der Waals surface area contributed by atoms with Crippen LogP contribution in [0.5, 0.6) is 11.5 Å². The van der Waals surface area contributed by atoms with Crippen LogP contribution in [0.25, 0.3) is 0 Å². The minimum absolute atomic E-state index is 0.171. The third-order valence-corrected chi connectivity index (χ3v) is 4.96. The molecule has 1 aliphatic rings. The number of carbonyl (C=O) groups excluding carboxylic acids is 2. The standard InChI is InChI=1S/C21H31NO5/c1-15(21(24)22-17-10-6-4-5-7-11-17)27-19(23)14-13-16-9-8-12-18(25-2)20(16)26-3/h8-9,12,15,17H,4-7,10-11,13-14H2,1-3H3,(H,22,24)/t15-/m0/s1. The number of ether oxygens (including phenoxy) is 3. The Kier molecular flexibility index (Phi) is 8.43. The molecule has 0 spiro atoms. The molecule has 1 fully saturated rings. The van der Waals surface area contributed by atoms with Crippen LogP contribution in [0, 0.1) is 0 Å². The van der Waals surface area contributed by atoms with Gasteiger partial charge in [-0.2, -0.15) is 0 Å². The summed E-state index contributed by atoms with van der Waals surface area (Å²) in [6.45, 7) is 1.62. The molecular formula is C21H31NO5. The van der Waals surface area contributed by atoms with E-state index in [-0.39, 0.29) is 18.4 Å². The molecule has 1 aromatic carbocycles. The van der Waals surface area contributed by atoms with Crippen molar-refractivity contribution < 1.29 is 23.8 Å². The van der Waals surface area contributed by atoms with Gasteiger partial charge >= 0.3 is 5.97 Å². The summed E-state index contributed by atoms with van der Waals surface area (Å²) in [7, 11) is 3.14. The highest BCUT2D eigenvalue weighted by Gasteiger charge is 2.22. The molecule has 1 amide bonds. The molecule has 0 heterocycles. The van der Waals surface area contributed by atoms with E-state index in [1.807, 2.05) is 12.1 Å². The summed E-state index contributed by atoms with van der Waals surface area (Å²) < 4.78 is 16.0. The second-order valence-electron chi connectivity index (χ2n) is 6.98. The van der Waals surface area contributed by atoms with E-state index in [4.69, 9.17) is 14.2 Å². The van der Waals surface area contributed by atoms with Crippen molar-refractivity contribution in [1.29, 1.82) is 0 Å². The van der Waals surface area contributed by atoms with Gasteiger partial charge in [0.2, 0.25) is 0 Å². The van der Waals surface area contributed by atoms with Crippen molar-refractivity contribution in [3.05, 3.63) is 23.8 Å². The molecule has 1 saturated carbocycles. The van der Waals surface area contributed by atoms with E-state index in [9.17, 15) is 9.59 Å². The maximum atomic E-state index is 12.3. The highest BCUT2D eigenvalue weighted by atomic mass is 16.5. The maximum absolute atomic E-state index is 12.3. The quantitative estimate of drug-likeness (QED) is 0.555. The van der Waals surface area contributed by atoms with E-state index in [0.717, 1.165) is 31.2 Å². The first-order valence-corrected chi connectivity index (χ1v) is 9.75. The molecule has 27 heavy (non-hydrogen) atoms. The van der Waals surface area contributed by atoms with Crippen LogP contribution < -0.4 is 14.8 Å². The number of carbonyl (C=O) groups is 2. The normalized spacial score (nSPS) is 16.1. The fraction of sp³-hybridized carbons (Fsp3) is 0.619. The van der Waals surface area contributed by atoms with Crippen molar-refractivity contribution in [2.45, 2.75) is 70.4 Å². The third kappa shape index (κ3) is 6.45. The van der Waals surface area contributed by atoms with Gasteiger partial charge in [-0.15, -0.1) is 0 Å². The Morgan fingerprint density at radius 1 is 1.11 bits per heavy atom. The molecule has 0 radical (unpaired) electrons. The summed E-state index contributed by atoms with van der Waals surface area (Å²) in [5.41, 5.74) is 0.865. The van der Waals surface area contributed by atoms with Crippen LogP contribution in [-0.4, -0.2) is 38.2 Å². The van der Waals surface area contributed by atoms with E-state index in [2.05, 4.69) is 5.32 Å². The van der Waals surface area contributed by atoms with Gasteiger partial charge in [0.15, 0.2) is 17.6 Å². The van der Waals surface area contributed by atoms with Crippen LogP contribution in [-0.2, 0) is 20.7 Å². The van der Waals surface area contributed by atoms with Crippen molar-refractivity contribution in [3.63, 3.8) is 0 Å². The average Bonchev–Trinajstić information content (AvgIpc) is 2.94. The summed E-state index contributed by atoms with van der Waals surface area (Å²) in [5, 5.41) is 3.02. The fourth-order valence-corrected chi connectivity index (χ4v) is 3.44. The predicted octanol–water partition coefficient (Wildman–Crippen LogP) is 3.41. The molecule has 0 aliphatic heterocycles. The Morgan fingerprint density at radius 3 is 2.44 bits per heavy atom. The van der Waals surface area contributed by atoms with Gasteiger partial charge in [-0.05, 0) is 37.8 Å². The van der Waals surface area contributed by atoms with E-state index in [0.29, 0.717) is 17.9 Å². The third-order valence-electron chi connectivity index (χ3n) is 4.96. The minimum atomic E-state index is -0.784. The molecule has 0 saturated heterocycles. The van der Waals surface area contributed by atoms with Gasteiger partial charge in [-0.25, -0.2) is 0 Å². The monoisotopic (exact) mass is 377 g/mol. The van der Waals surface area contributed by atoms with Gasteiger partial charge in [0.05, 0.1) is 14.2 Å². The summed E-state index contributed by atoms with van der Waals surface area (Å²) in [5.74, 6) is 0.629. The number of benzene rings is 1. The van der Waals surface area contributed by atoms with Gasteiger partial charge in [0.1, 0.15) is 0 Å². The largest absolute Gasteiger partial charge is 0.493 e. The number of hydrogen-bond acceptors (Lipinski definition) is 5. The molecule has 150 valence electrons. The van der Waals surface area contributed by atoms with E-state index >= 15 is 0 Å². The molecule has 2 rings (SSSR count). The van der Waals surface area contributed by atoms with Crippen molar-refractivity contribution in [3.8, 4) is 11.5 Å². The van der Waals surface area contributed by atoms with Crippen LogP contribution >= 0.6 is 0 Å². The zero-order valence-electron chi connectivity index (χ0n) is 16.6. The molecule has 1 N–H and O–H groups in total. The number of para-hydroxylation sites is 1. The van der Waals surface area contributed by atoms with Crippen LogP contribution in [0.1, 0.15) is 57.4 Å². The van der Waals surface area contributed by atoms with E-state index in [1.165, 1.54) is 12.8 Å². The molecular weight excluding hydrogens is 346 g/mol. The summed E-state index contributed by atoms with van der Waals surface area (Å²) >= 11 is 0. The molecule has 1 aliphatic carbocycles. The lowest BCUT2D eigenvalue weighted by Gasteiger charge is -2.19. The van der Waals surface area contributed by atoms with Crippen molar-refractivity contribution in [2.75, 3.05) is 14.2 Å². The van der Waals surface area contributed by atoms with Crippen molar-refractivity contribution in [1.82, 2.24) is 5.32 Å². The number of rotatable bonds is 8. The van der Waals surface area contributed by atoms with Gasteiger partial charge < -0.3 is 19.5 Å². The molecule has 1 atom stereocenters. The Morgan fingerprint density at radius 2 is 1.81 bits per heavy atom. The number of amides is 1. The Labute approximate surface area is 161 Å². The first-order valence-electron chi connectivity index (χ1n) is 9.75. The lowest BCUT2D eigenvalue weighted by Crippen LogP contribution is -2.41. The lowest BCUT2D eigenvalue weighted by atomic mass is 10.1. The zero-order valence-corrected chi connectivity index (χ0v) is 16.6. The van der Waals surface area contributed by atoms with Gasteiger partial charge in [0.25, 0.3) is 5.91 Å². The molecule has 6 nitrogen and oxygen atoms in total. The highest BCUT2D eigenvalue weighted by molar-refractivity contribution is 5.83. The zero-order chi connectivity index (χ0) is 19.6. The number of hydrogen-bond donors (Lipinski definition) is 1. The summed E-state index contributed by atoms with van der Waals surface area (Å²) in [4.78, 5) is 24.5. The van der Waals surface area contributed by atoms with E-state index in [1.54, 1.807) is 27.2 Å². The second-order valence-corrected chi connectivity index (χ2v) is 6.98.